The highest BCUT2D eigenvalue weighted by atomic mass is 16.5. The van der Waals surface area contributed by atoms with Crippen molar-refractivity contribution in [3.63, 3.8) is 0 Å². The van der Waals surface area contributed by atoms with E-state index < -0.39 is 11.8 Å². The smallest absolute Gasteiger partial charge is 0.262 e. The number of fused-ring (bicyclic) bond motifs is 1. The maximum absolute atomic E-state index is 13.2. The number of amides is 3. The summed E-state index contributed by atoms with van der Waals surface area (Å²) in [4.78, 5) is 41.3. The molecule has 3 amide bonds. The highest BCUT2D eigenvalue weighted by molar-refractivity contribution is 6.22. The zero-order chi connectivity index (χ0) is 20.5. The molecule has 0 radical (unpaired) electrons. The number of hydrogen-bond acceptors (Lipinski definition) is 4. The summed E-state index contributed by atoms with van der Waals surface area (Å²) >= 11 is 0. The minimum absolute atomic E-state index is 0.0554. The van der Waals surface area contributed by atoms with Gasteiger partial charge in [-0.1, -0.05) is 24.3 Å². The van der Waals surface area contributed by atoms with Crippen LogP contribution in [-0.2, 0) is 11.3 Å². The lowest BCUT2D eigenvalue weighted by Crippen LogP contribution is -2.46. The van der Waals surface area contributed by atoms with E-state index in [-0.39, 0.29) is 18.5 Å². The Balaban J connectivity index is 1.52. The minimum atomic E-state index is -0.401. The molecule has 1 heterocycles. The first-order chi connectivity index (χ1) is 14.0. The van der Waals surface area contributed by atoms with Crippen LogP contribution in [-0.4, -0.2) is 47.2 Å². The van der Waals surface area contributed by atoms with Crippen LogP contribution < -0.4 is 4.74 Å². The Morgan fingerprint density at radius 1 is 1.07 bits per heavy atom. The van der Waals surface area contributed by atoms with Gasteiger partial charge in [0.15, 0.2) is 0 Å². The van der Waals surface area contributed by atoms with Gasteiger partial charge in [-0.2, -0.15) is 0 Å². The summed E-state index contributed by atoms with van der Waals surface area (Å²) < 4.78 is 5.20. The maximum atomic E-state index is 13.2. The molecule has 2 aromatic rings. The van der Waals surface area contributed by atoms with Crippen LogP contribution in [0.25, 0.3) is 0 Å². The number of benzene rings is 2. The monoisotopic (exact) mass is 392 g/mol. The molecule has 0 bridgehead atoms. The van der Waals surface area contributed by atoms with Gasteiger partial charge in [-0.15, -0.1) is 0 Å². The van der Waals surface area contributed by atoms with Gasteiger partial charge in [-0.25, -0.2) is 0 Å². The SMILES string of the molecule is COc1ccc(CN(C(=O)CN2C(=O)c3ccccc3C2=O)C(C)C2CC2)cc1. The van der Waals surface area contributed by atoms with E-state index in [0.29, 0.717) is 23.6 Å². The maximum Gasteiger partial charge on any atom is 0.262 e. The number of carbonyl (C=O) groups is 3. The summed E-state index contributed by atoms with van der Waals surface area (Å²) in [7, 11) is 1.61. The van der Waals surface area contributed by atoms with Crippen molar-refractivity contribution < 1.29 is 19.1 Å². The Kier molecular flexibility index (Phi) is 5.09. The second-order valence-corrected chi connectivity index (χ2v) is 7.69. The molecule has 1 atom stereocenters. The van der Waals surface area contributed by atoms with Crippen LogP contribution in [0.3, 0.4) is 0 Å². The molecule has 4 rings (SSSR count). The summed E-state index contributed by atoms with van der Waals surface area (Å²) in [6, 6.07) is 14.3. The van der Waals surface area contributed by atoms with E-state index in [0.717, 1.165) is 29.1 Å². The highest BCUT2D eigenvalue weighted by Crippen LogP contribution is 2.36. The molecule has 6 heteroatoms. The Morgan fingerprint density at radius 2 is 1.66 bits per heavy atom. The quantitative estimate of drug-likeness (QED) is 0.679. The van der Waals surface area contributed by atoms with Crippen LogP contribution in [0.4, 0.5) is 0 Å². The van der Waals surface area contributed by atoms with Crippen molar-refractivity contribution in [1.82, 2.24) is 9.80 Å². The van der Waals surface area contributed by atoms with Gasteiger partial charge in [0.05, 0.1) is 18.2 Å². The molecule has 0 saturated heterocycles. The molecule has 2 aliphatic rings. The first-order valence-corrected chi connectivity index (χ1v) is 9.87. The van der Waals surface area contributed by atoms with Crippen molar-refractivity contribution in [1.29, 1.82) is 0 Å². The van der Waals surface area contributed by atoms with Crippen LogP contribution in [0.1, 0.15) is 46.0 Å². The van der Waals surface area contributed by atoms with E-state index in [1.165, 1.54) is 0 Å². The molecule has 1 unspecified atom stereocenters. The van der Waals surface area contributed by atoms with Gasteiger partial charge in [-0.05, 0) is 55.5 Å². The average molecular weight is 392 g/mol. The van der Waals surface area contributed by atoms with Gasteiger partial charge in [-0.3, -0.25) is 19.3 Å². The molecule has 1 saturated carbocycles. The Bertz CT molecular complexity index is 915. The highest BCUT2D eigenvalue weighted by Gasteiger charge is 2.39. The topological polar surface area (TPSA) is 66.9 Å². The summed E-state index contributed by atoms with van der Waals surface area (Å²) in [6.07, 6.45) is 2.20. The third-order valence-electron chi connectivity index (χ3n) is 5.80. The molecular weight excluding hydrogens is 368 g/mol. The van der Waals surface area contributed by atoms with Crippen molar-refractivity contribution >= 4 is 17.7 Å². The van der Waals surface area contributed by atoms with E-state index >= 15 is 0 Å². The lowest BCUT2D eigenvalue weighted by molar-refractivity contribution is -0.134. The molecule has 0 aromatic heterocycles. The van der Waals surface area contributed by atoms with E-state index in [4.69, 9.17) is 4.74 Å². The summed E-state index contributed by atoms with van der Waals surface area (Å²) in [5.74, 6) is 0.215. The Labute approximate surface area is 170 Å². The van der Waals surface area contributed by atoms with Crippen molar-refractivity contribution in [2.75, 3.05) is 13.7 Å². The van der Waals surface area contributed by atoms with Gasteiger partial charge in [0.2, 0.25) is 5.91 Å². The minimum Gasteiger partial charge on any atom is -0.497 e. The van der Waals surface area contributed by atoms with Crippen LogP contribution in [0, 0.1) is 5.92 Å². The predicted molar refractivity (Wildman–Crippen MR) is 108 cm³/mol. The van der Waals surface area contributed by atoms with Gasteiger partial charge >= 0.3 is 0 Å². The first kappa shape index (κ1) is 19.2. The average Bonchev–Trinajstić information content (AvgIpc) is 3.57. The molecule has 0 N–H and O–H groups in total. The lowest BCUT2D eigenvalue weighted by atomic mass is 10.1. The zero-order valence-corrected chi connectivity index (χ0v) is 16.6. The largest absolute Gasteiger partial charge is 0.497 e. The van der Waals surface area contributed by atoms with Crippen LogP contribution in [0.15, 0.2) is 48.5 Å². The molecule has 29 heavy (non-hydrogen) atoms. The summed E-state index contributed by atoms with van der Waals surface area (Å²) in [5.41, 5.74) is 1.71. The van der Waals surface area contributed by atoms with Crippen molar-refractivity contribution in [3.8, 4) is 5.75 Å². The lowest BCUT2D eigenvalue weighted by Gasteiger charge is -2.31. The predicted octanol–water partition coefficient (Wildman–Crippen LogP) is 3.12. The molecule has 1 fully saturated rings. The molecule has 1 aliphatic carbocycles. The summed E-state index contributed by atoms with van der Waals surface area (Å²) in [5, 5.41) is 0. The van der Waals surface area contributed by atoms with Gasteiger partial charge in [0.1, 0.15) is 12.3 Å². The Morgan fingerprint density at radius 3 is 2.17 bits per heavy atom. The fraction of sp³-hybridized carbons (Fsp3) is 0.348. The fourth-order valence-electron chi connectivity index (χ4n) is 3.83. The Hall–Kier alpha value is -3.15. The van der Waals surface area contributed by atoms with Crippen LogP contribution >= 0.6 is 0 Å². The van der Waals surface area contributed by atoms with Gasteiger partial charge in [0.25, 0.3) is 11.8 Å². The van der Waals surface area contributed by atoms with E-state index in [9.17, 15) is 14.4 Å². The number of methoxy groups -OCH3 is 1. The first-order valence-electron chi connectivity index (χ1n) is 9.87. The molecule has 6 nitrogen and oxygen atoms in total. The summed E-state index contributed by atoms with van der Waals surface area (Å²) in [6.45, 7) is 2.24. The van der Waals surface area contributed by atoms with Crippen molar-refractivity contribution in [2.24, 2.45) is 5.92 Å². The normalized spacial score (nSPS) is 16.6. The third-order valence-corrected chi connectivity index (χ3v) is 5.80. The number of rotatable bonds is 7. The molecule has 0 spiro atoms. The number of nitrogens with zero attached hydrogens (tertiary/aromatic N) is 2. The van der Waals surface area contributed by atoms with E-state index in [1.807, 2.05) is 31.2 Å². The molecule has 150 valence electrons. The van der Waals surface area contributed by atoms with E-state index in [1.54, 1.807) is 36.3 Å². The van der Waals surface area contributed by atoms with E-state index in [2.05, 4.69) is 0 Å². The van der Waals surface area contributed by atoms with Crippen molar-refractivity contribution in [3.05, 3.63) is 65.2 Å². The van der Waals surface area contributed by atoms with Crippen molar-refractivity contribution in [2.45, 2.75) is 32.4 Å². The molecule has 1 aliphatic heterocycles. The van der Waals surface area contributed by atoms with Crippen LogP contribution in [0.5, 0.6) is 5.75 Å². The molecular formula is C23H24N2O4. The van der Waals surface area contributed by atoms with Gasteiger partial charge < -0.3 is 9.64 Å². The van der Waals surface area contributed by atoms with Gasteiger partial charge in [0, 0.05) is 12.6 Å². The second kappa shape index (κ2) is 7.70. The zero-order valence-electron chi connectivity index (χ0n) is 16.6. The number of ether oxygens (including phenoxy) is 1. The standard InChI is InChI=1S/C23H24N2O4/c1-15(17-9-10-17)24(13-16-7-11-18(29-2)12-8-16)21(26)14-25-22(27)19-5-3-4-6-20(19)23(25)28/h3-8,11-12,15,17H,9-10,13-14H2,1-2H3. The van der Waals surface area contributed by atoms with Crippen LogP contribution in [0.2, 0.25) is 0 Å². The number of imide groups is 1. The number of carbonyl (C=O) groups excluding carboxylic acids is 3. The third kappa shape index (κ3) is 3.75. The second-order valence-electron chi connectivity index (χ2n) is 7.69. The fourth-order valence-corrected chi connectivity index (χ4v) is 3.83. The molecule has 2 aromatic carbocycles. The number of hydrogen-bond donors (Lipinski definition) is 0.